The summed E-state index contributed by atoms with van der Waals surface area (Å²) in [5.41, 5.74) is 2.24. The molecule has 142 valence electrons. The molecule has 1 aromatic carbocycles. The van der Waals surface area contributed by atoms with Crippen molar-refractivity contribution in [3.8, 4) is 0 Å². The van der Waals surface area contributed by atoms with Gasteiger partial charge in [-0.3, -0.25) is 9.89 Å². The molecule has 4 N–H and O–H groups in total. The molecule has 3 heterocycles. The van der Waals surface area contributed by atoms with E-state index in [0.717, 1.165) is 18.5 Å². The van der Waals surface area contributed by atoms with Crippen LogP contribution in [0.1, 0.15) is 40.4 Å². The molecule has 0 unspecified atom stereocenters. The van der Waals surface area contributed by atoms with Crippen molar-refractivity contribution in [3.63, 3.8) is 0 Å². The highest BCUT2D eigenvalue weighted by atomic mass is 35.5. The maximum Gasteiger partial charge on any atom is 0.251 e. The van der Waals surface area contributed by atoms with Gasteiger partial charge in [-0.2, -0.15) is 10.1 Å². The minimum absolute atomic E-state index is 0.111. The van der Waals surface area contributed by atoms with Crippen molar-refractivity contribution in [1.82, 2.24) is 25.5 Å². The van der Waals surface area contributed by atoms with E-state index in [1.54, 1.807) is 0 Å². The normalized spacial score (nSPS) is 15.3. The Balaban J connectivity index is 1.39. The van der Waals surface area contributed by atoms with E-state index in [9.17, 15) is 9.18 Å². The van der Waals surface area contributed by atoms with Gasteiger partial charge < -0.3 is 16.0 Å². The maximum absolute atomic E-state index is 14.4. The minimum Gasteiger partial charge on any atom is -0.348 e. The van der Waals surface area contributed by atoms with E-state index >= 15 is 0 Å². The number of nitrogens with zero attached hydrogens (tertiary/aromatic N) is 3. The first-order chi connectivity index (χ1) is 13.6. The maximum atomic E-state index is 14.4. The van der Waals surface area contributed by atoms with Gasteiger partial charge in [0.2, 0.25) is 5.95 Å². The Kier molecular flexibility index (Phi) is 3.90. The molecule has 2 aromatic heterocycles. The highest BCUT2D eigenvalue weighted by Crippen LogP contribution is 2.39. The lowest BCUT2D eigenvalue weighted by molar-refractivity contribution is 0.0966. The van der Waals surface area contributed by atoms with E-state index in [-0.39, 0.29) is 17.5 Å². The summed E-state index contributed by atoms with van der Waals surface area (Å²) < 4.78 is 14.4. The first-order valence-corrected chi connectivity index (χ1v) is 9.17. The molecule has 0 radical (unpaired) electrons. The minimum atomic E-state index is -0.496. The first-order valence-electron chi connectivity index (χ1n) is 8.79. The van der Waals surface area contributed by atoms with Crippen LogP contribution in [0.25, 0.3) is 0 Å². The molecule has 5 rings (SSSR count). The molecule has 8 nitrogen and oxygen atoms in total. The van der Waals surface area contributed by atoms with Crippen LogP contribution in [-0.2, 0) is 6.54 Å². The molecule has 0 spiro atoms. The predicted molar refractivity (Wildman–Crippen MR) is 102 cm³/mol. The Hall–Kier alpha value is -3.20. The van der Waals surface area contributed by atoms with Crippen LogP contribution in [0.5, 0.6) is 0 Å². The molecular formula is C18H15ClFN7O. The van der Waals surface area contributed by atoms with Crippen molar-refractivity contribution in [1.29, 1.82) is 0 Å². The molecule has 2 aliphatic rings. The Morgan fingerprint density at radius 2 is 2.07 bits per heavy atom. The van der Waals surface area contributed by atoms with Crippen LogP contribution in [0.15, 0.2) is 24.4 Å². The van der Waals surface area contributed by atoms with Gasteiger partial charge in [-0.25, -0.2) is 9.37 Å². The van der Waals surface area contributed by atoms with E-state index in [4.69, 9.17) is 11.6 Å². The molecule has 10 heteroatoms. The van der Waals surface area contributed by atoms with E-state index in [2.05, 4.69) is 36.1 Å². The number of carbonyl (C=O) groups is 1. The number of hydrogen-bond acceptors (Lipinski definition) is 6. The highest BCUT2D eigenvalue weighted by molar-refractivity contribution is 6.32. The third-order valence-corrected chi connectivity index (χ3v) is 5.01. The van der Waals surface area contributed by atoms with Gasteiger partial charge in [0.1, 0.15) is 10.8 Å². The average molecular weight is 400 g/mol. The van der Waals surface area contributed by atoms with Crippen LogP contribution < -0.4 is 16.0 Å². The van der Waals surface area contributed by atoms with Crippen LogP contribution in [0.3, 0.4) is 0 Å². The molecule has 0 bridgehead atoms. The van der Waals surface area contributed by atoms with Gasteiger partial charge in [0.25, 0.3) is 5.91 Å². The number of nitrogens with one attached hydrogen (secondary N) is 4. The highest BCUT2D eigenvalue weighted by Gasteiger charge is 2.26. The van der Waals surface area contributed by atoms with Crippen molar-refractivity contribution in [3.05, 3.63) is 52.1 Å². The summed E-state index contributed by atoms with van der Waals surface area (Å²) in [6, 6.07) is 4.70. The summed E-state index contributed by atoms with van der Waals surface area (Å²) in [5.74, 6) is 0.886. The fraction of sp³-hybridized carbons (Fsp3) is 0.222. The monoisotopic (exact) mass is 399 g/mol. The zero-order valence-electron chi connectivity index (χ0n) is 14.5. The molecule has 0 atom stereocenters. The number of aromatic amines is 1. The number of hydrogen-bond donors (Lipinski definition) is 4. The standard InChI is InChI=1S/C18H15ClFN7O/c19-11-7-22-18(23-14-4-10-9(3-12(14)20)6-21-17(10)28)25-16(11)24-15-5-13(26-27-15)8-1-2-8/h3-5,7-8H,1-2,6H2,(H,21,28)(H3,22,23,24,25,26,27). The third-order valence-electron chi connectivity index (χ3n) is 4.73. The van der Waals surface area contributed by atoms with Crippen LogP contribution in [0, 0.1) is 5.82 Å². The molecule has 3 aromatic rings. The van der Waals surface area contributed by atoms with Crippen molar-refractivity contribution in [2.75, 3.05) is 10.6 Å². The zero-order valence-corrected chi connectivity index (χ0v) is 15.3. The largest absolute Gasteiger partial charge is 0.348 e. The van der Waals surface area contributed by atoms with Gasteiger partial charge in [-0.1, -0.05) is 11.6 Å². The van der Waals surface area contributed by atoms with Gasteiger partial charge in [-0.15, -0.1) is 0 Å². The second-order valence-electron chi connectivity index (χ2n) is 6.79. The topological polar surface area (TPSA) is 108 Å². The molecule has 1 fully saturated rings. The van der Waals surface area contributed by atoms with E-state index in [1.165, 1.54) is 18.3 Å². The van der Waals surface area contributed by atoms with Gasteiger partial charge in [-0.05, 0) is 30.5 Å². The van der Waals surface area contributed by atoms with E-state index in [1.807, 2.05) is 6.07 Å². The number of carbonyl (C=O) groups excluding carboxylic acids is 1. The van der Waals surface area contributed by atoms with Crippen molar-refractivity contribution in [2.45, 2.75) is 25.3 Å². The summed E-state index contributed by atoms with van der Waals surface area (Å²) in [6.45, 7) is 0.323. The summed E-state index contributed by atoms with van der Waals surface area (Å²) in [7, 11) is 0. The van der Waals surface area contributed by atoms with Crippen LogP contribution in [0.4, 0.5) is 27.7 Å². The van der Waals surface area contributed by atoms with Crippen LogP contribution >= 0.6 is 11.6 Å². The molecule has 1 saturated carbocycles. The predicted octanol–water partition coefficient (Wildman–Crippen LogP) is 3.60. The lowest BCUT2D eigenvalue weighted by atomic mass is 10.1. The summed E-state index contributed by atoms with van der Waals surface area (Å²) >= 11 is 6.18. The number of H-pyrrole nitrogens is 1. The Morgan fingerprint density at radius 1 is 1.21 bits per heavy atom. The number of halogens is 2. The fourth-order valence-electron chi connectivity index (χ4n) is 3.10. The number of amides is 1. The van der Waals surface area contributed by atoms with E-state index in [0.29, 0.717) is 40.2 Å². The van der Waals surface area contributed by atoms with Crippen molar-refractivity contribution >= 4 is 40.8 Å². The first kappa shape index (κ1) is 16.9. The summed E-state index contributed by atoms with van der Waals surface area (Å²) in [4.78, 5) is 20.2. The molecular weight excluding hydrogens is 385 g/mol. The molecule has 0 saturated heterocycles. The summed E-state index contributed by atoms with van der Waals surface area (Å²) in [6.07, 6.45) is 3.73. The smallest absolute Gasteiger partial charge is 0.251 e. The molecule has 1 aliphatic heterocycles. The van der Waals surface area contributed by atoms with Crippen molar-refractivity contribution < 1.29 is 9.18 Å². The number of anilines is 4. The number of fused-ring (bicyclic) bond motifs is 1. The van der Waals surface area contributed by atoms with Crippen molar-refractivity contribution in [2.24, 2.45) is 0 Å². The Labute approximate surface area is 163 Å². The third kappa shape index (κ3) is 3.13. The lowest BCUT2D eigenvalue weighted by Gasteiger charge is -2.10. The second kappa shape index (κ2) is 6.45. The van der Waals surface area contributed by atoms with Crippen LogP contribution in [-0.4, -0.2) is 26.1 Å². The van der Waals surface area contributed by atoms with Gasteiger partial charge in [0.05, 0.1) is 11.9 Å². The SMILES string of the molecule is O=C1NCc2cc(F)c(Nc3ncc(Cl)c(Nc4cc(C5CC5)[nH]n4)n3)cc21. The molecule has 28 heavy (non-hydrogen) atoms. The summed E-state index contributed by atoms with van der Waals surface area (Å²) in [5, 5.41) is 16.0. The van der Waals surface area contributed by atoms with Gasteiger partial charge >= 0.3 is 0 Å². The average Bonchev–Trinajstić information content (AvgIpc) is 3.33. The number of benzene rings is 1. The zero-order chi connectivity index (χ0) is 19.3. The van der Waals surface area contributed by atoms with Gasteiger partial charge in [0, 0.05) is 29.8 Å². The lowest BCUT2D eigenvalue weighted by Crippen LogP contribution is -2.12. The van der Waals surface area contributed by atoms with E-state index < -0.39 is 5.82 Å². The Morgan fingerprint density at radius 3 is 2.89 bits per heavy atom. The molecule has 1 aliphatic carbocycles. The second-order valence-corrected chi connectivity index (χ2v) is 7.20. The van der Waals surface area contributed by atoms with Gasteiger partial charge in [0.15, 0.2) is 11.6 Å². The van der Waals surface area contributed by atoms with Crippen LogP contribution in [0.2, 0.25) is 5.02 Å². The number of aromatic nitrogens is 4. The quantitative estimate of drug-likeness (QED) is 0.522. The fourth-order valence-corrected chi connectivity index (χ4v) is 3.24. The Bertz CT molecular complexity index is 1100. The molecule has 1 amide bonds. The number of rotatable bonds is 5.